The molecule has 0 heterocycles. The van der Waals surface area contributed by atoms with Crippen LogP contribution in [0.5, 0.6) is 5.75 Å². The second-order valence-corrected chi connectivity index (χ2v) is 7.84. The Morgan fingerprint density at radius 2 is 1.61 bits per heavy atom. The number of benzene rings is 3. The molecule has 0 unspecified atom stereocenters. The van der Waals surface area contributed by atoms with E-state index in [0.717, 1.165) is 5.56 Å². The molecule has 0 saturated heterocycles. The van der Waals surface area contributed by atoms with E-state index in [1.54, 1.807) is 48.5 Å². The summed E-state index contributed by atoms with van der Waals surface area (Å²) in [5.41, 5.74) is 2.32. The first kappa shape index (κ1) is 19.4. The van der Waals surface area contributed by atoms with Crippen LogP contribution in [0.25, 0.3) is 0 Å². The molecule has 7 heteroatoms. The standard InChI is InChI=1S/C21H20N2O4S/c1-15-8-13-20(27-2)19(14-15)22-21(24)16-9-11-17(12-10-16)23-28(25,26)18-6-4-3-5-7-18/h3-14,23H,1-2H3,(H,22,24). The number of carbonyl (C=O) groups excluding carboxylic acids is 1. The number of methoxy groups -OCH3 is 1. The monoisotopic (exact) mass is 396 g/mol. The second kappa shape index (κ2) is 8.14. The zero-order valence-electron chi connectivity index (χ0n) is 15.5. The van der Waals surface area contributed by atoms with Crippen LogP contribution < -0.4 is 14.8 Å². The van der Waals surface area contributed by atoms with Crippen molar-refractivity contribution in [2.24, 2.45) is 0 Å². The molecule has 0 bridgehead atoms. The summed E-state index contributed by atoms with van der Waals surface area (Å²) in [6.07, 6.45) is 0. The maximum atomic E-state index is 12.5. The number of carbonyl (C=O) groups is 1. The molecule has 3 aromatic carbocycles. The van der Waals surface area contributed by atoms with Gasteiger partial charge in [-0.2, -0.15) is 0 Å². The fourth-order valence-corrected chi connectivity index (χ4v) is 3.70. The number of sulfonamides is 1. The Balaban J connectivity index is 1.74. The van der Waals surface area contributed by atoms with E-state index in [4.69, 9.17) is 4.74 Å². The Labute approximate surface area is 164 Å². The largest absolute Gasteiger partial charge is 0.495 e. The van der Waals surface area contributed by atoms with E-state index < -0.39 is 10.0 Å². The highest BCUT2D eigenvalue weighted by molar-refractivity contribution is 7.92. The third-order valence-electron chi connectivity index (χ3n) is 4.06. The van der Waals surface area contributed by atoms with Crippen molar-refractivity contribution >= 4 is 27.3 Å². The minimum Gasteiger partial charge on any atom is -0.495 e. The van der Waals surface area contributed by atoms with Crippen LogP contribution >= 0.6 is 0 Å². The van der Waals surface area contributed by atoms with Gasteiger partial charge in [-0.25, -0.2) is 8.42 Å². The van der Waals surface area contributed by atoms with Crippen LogP contribution in [0.3, 0.4) is 0 Å². The topological polar surface area (TPSA) is 84.5 Å². The van der Waals surface area contributed by atoms with Gasteiger partial charge in [-0.15, -0.1) is 0 Å². The van der Waals surface area contributed by atoms with E-state index in [1.165, 1.54) is 19.2 Å². The predicted molar refractivity (Wildman–Crippen MR) is 109 cm³/mol. The second-order valence-electron chi connectivity index (χ2n) is 6.15. The van der Waals surface area contributed by atoms with Crippen LogP contribution in [0.15, 0.2) is 77.7 Å². The highest BCUT2D eigenvalue weighted by atomic mass is 32.2. The molecule has 0 atom stereocenters. The Bertz CT molecular complexity index is 1080. The minimum atomic E-state index is -3.68. The molecular formula is C21H20N2O4S. The van der Waals surface area contributed by atoms with Gasteiger partial charge in [-0.05, 0) is 61.0 Å². The fourth-order valence-electron chi connectivity index (χ4n) is 2.62. The van der Waals surface area contributed by atoms with Crippen molar-refractivity contribution in [3.05, 3.63) is 83.9 Å². The third-order valence-corrected chi connectivity index (χ3v) is 5.45. The Morgan fingerprint density at radius 1 is 0.929 bits per heavy atom. The molecule has 0 radical (unpaired) electrons. The van der Waals surface area contributed by atoms with Crippen molar-refractivity contribution in [2.75, 3.05) is 17.1 Å². The van der Waals surface area contributed by atoms with E-state index in [2.05, 4.69) is 10.0 Å². The average Bonchev–Trinajstić information content (AvgIpc) is 2.69. The number of aryl methyl sites for hydroxylation is 1. The fraction of sp³-hybridized carbons (Fsp3) is 0.0952. The van der Waals surface area contributed by atoms with E-state index in [9.17, 15) is 13.2 Å². The van der Waals surface area contributed by atoms with Gasteiger partial charge in [0.15, 0.2) is 0 Å². The first-order valence-electron chi connectivity index (χ1n) is 8.53. The Kier molecular flexibility index (Phi) is 5.65. The molecule has 0 fully saturated rings. The number of ether oxygens (including phenoxy) is 1. The van der Waals surface area contributed by atoms with Gasteiger partial charge in [0, 0.05) is 11.3 Å². The minimum absolute atomic E-state index is 0.170. The van der Waals surface area contributed by atoms with Crippen molar-refractivity contribution in [1.29, 1.82) is 0 Å². The zero-order valence-corrected chi connectivity index (χ0v) is 16.3. The van der Waals surface area contributed by atoms with Crippen LogP contribution in [0.4, 0.5) is 11.4 Å². The molecule has 0 saturated carbocycles. The van der Waals surface area contributed by atoms with Crippen LogP contribution in [0.2, 0.25) is 0 Å². The lowest BCUT2D eigenvalue weighted by Crippen LogP contribution is -2.14. The number of amides is 1. The van der Waals surface area contributed by atoms with Crippen molar-refractivity contribution in [3.63, 3.8) is 0 Å². The normalized spacial score (nSPS) is 10.9. The zero-order chi connectivity index (χ0) is 20.1. The summed E-state index contributed by atoms with van der Waals surface area (Å²) in [5.74, 6) is 0.243. The molecule has 1 amide bonds. The lowest BCUT2D eigenvalue weighted by atomic mass is 10.1. The third kappa shape index (κ3) is 4.50. The van der Waals surface area contributed by atoms with Crippen molar-refractivity contribution in [1.82, 2.24) is 0 Å². The molecule has 3 rings (SSSR count). The van der Waals surface area contributed by atoms with Gasteiger partial charge in [0.25, 0.3) is 15.9 Å². The quantitative estimate of drug-likeness (QED) is 0.658. The summed E-state index contributed by atoms with van der Waals surface area (Å²) in [6.45, 7) is 1.92. The van der Waals surface area contributed by atoms with E-state index in [0.29, 0.717) is 22.7 Å². The molecule has 144 valence electrons. The van der Waals surface area contributed by atoms with Crippen molar-refractivity contribution in [2.45, 2.75) is 11.8 Å². The van der Waals surface area contributed by atoms with Crippen LogP contribution in [-0.2, 0) is 10.0 Å². The summed E-state index contributed by atoms with van der Waals surface area (Å²) in [7, 11) is -2.14. The number of hydrogen-bond donors (Lipinski definition) is 2. The van der Waals surface area contributed by atoms with Crippen molar-refractivity contribution < 1.29 is 17.9 Å². The van der Waals surface area contributed by atoms with Crippen molar-refractivity contribution in [3.8, 4) is 5.75 Å². The SMILES string of the molecule is COc1ccc(C)cc1NC(=O)c1ccc(NS(=O)(=O)c2ccccc2)cc1. The summed E-state index contributed by atoms with van der Waals surface area (Å²) >= 11 is 0. The molecule has 0 aliphatic carbocycles. The predicted octanol–water partition coefficient (Wildman–Crippen LogP) is 4.06. The summed E-state index contributed by atoms with van der Waals surface area (Å²) in [6, 6.07) is 19.8. The maximum Gasteiger partial charge on any atom is 0.261 e. The van der Waals surface area contributed by atoms with Crippen LogP contribution in [0, 0.1) is 6.92 Å². The summed E-state index contributed by atoms with van der Waals surface area (Å²) in [5, 5.41) is 2.81. The summed E-state index contributed by atoms with van der Waals surface area (Å²) < 4.78 is 32.5. The van der Waals surface area contributed by atoms with Crippen LogP contribution in [-0.4, -0.2) is 21.4 Å². The lowest BCUT2D eigenvalue weighted by Gasteiger charge is -2.12. The molecule has 28 heavy (non-hydrogen) atoms. The van der Waals surface area contributed by atoms with Gasteiger partial charge in [-0.1, -0.05) is 24.3 Å². The van der Waals surface area contributed by atoms with Gasteiger partial charge < -0.3 is 10.1 Å². The van der Waals surface area contributed by atoms with E-state index in [1.807, 2.05) is 19.1 Å². The summed E-state index contributed by atoms with van der Waals surface area (Å²) in [4.78, 5) is 12.7. The van der Waals surface area contributed by atoms with Gasteiger partial charge in [-0.3, -0.25) is 9.52 Å². The van der Waals surface area contributed by atoms with Gasteiger partial charge in [0.05, 0.1) is 17.7 Å². The van der Waals surface area contributed by atoms with E-state index >= 15 is 0 Å². The smallest absolute Gasteiger partial charge is 0.261 e. The highest BCUT2D eigenvalue weighted by Crippen LogP contribution is 2.26. The number of nitrogens with one attached hydrogen (secondary N) is 2. The molecular weight excluding hydrogens is 376 g/mol. The maximum absolute atomic E-state index is 12.5. The van der Waals surface area contributed by atoms with Crippen LogP contribution in [0.1, 0.15) is 15.9 Å². The molecule has 0 aliphatic heterocycles. The Hall–Kier alpha value is -3.32. The van der Waals surface area contributed by atoms with E-state index in [-0.39, 0.29) is 10.8 Å². The first-order valence-corrected chi connectivity index (χ1v) is 10.0. The molecule has 0 spiro atoms. The first-order chi connectivity index (χ1) is 13.4. The molecule has 0 aliphatic rings. The Morgan fingerprint density at radius 3 is 2.25 bits per heavy atom. The number of hydrogen-bond acceptors (Lipinski definition) is 4. The number of rotatable bonds is 6. The average molecular weight is 396 g/mol. The number of anilines is 2. The lowest BCUT2D eigenvalue weighted by molar-refractivity contribution is 0.102. The molecule has 6 nitrogen and oxygen atoms in total. The molecule has 3 aromatic rings. The molecule has 0 aromatic heterocycles. The molecule has 2 N–H and O–H groups in total. The van der Waals surface area contributed by atoms with Gasteiger partial charge in [0.2, 0.25) is 0 Å². The van der Waals surface area contributed by atoms with Gasteiger partial charge >= 0.3 is 0 Å². The van der Waals surface area contributed by atoms with Gasteiger partial charge in [0.1, 0.15) is 5.75 Å². The highest BCUT2D eigenvalue weighted by Gasteiger charge is 2.14.